The second kappa shape index (κ2) is 13.7. The minimum atomic E-state index is -3.86. The number of amides is 2. The van der Waals surface area contributed by atoms with E-state index in [9.17, 15) is 18.0 Å². The summed E-state index contributed by atoms with van der Waals surface area (Å²) >= 11 is 15.7. The van der Waals surface area contributed by atoms with Gasteiger partial charge in [-0.1, -0.05) is 71.7 Å². The largest absolute Gasteiger partial charge is 0.352 e. The van der Waals surface area contributed by atoms with Gasteiger partial charge in [0.15, 0.2) is 0 Å². The van der Waals surface area contributed by atoms with Gasteiger partial charge in [0.05, 0.1) is 22.0 Å². The number of rotatable bonds is 11. The first-order valence-corrected chi connectivity index (χ1v) is 15.6. The van der Waals surface area contributed by atoms with E-state index in [2.05, 4.69) is 21.2 Å². The van der Waals surface area contributed by atoms with Crippen LogP contribution in [0.5, 0.6) is 0 Å². The highest BCUT2D eigenvalue weighted by atomic mass is 79.9. The lowest BCUT2D eigenvalue weighted by atomic mass is 10.0. The molecular weight excluding hydrogens is 625 g/mol. The Bertz CT molecular complexity index is 1420. The third-order valence-electron chi connectivity index (χ3n) is 5.84. The summed E-state index contributed by atoms with van der Waals surface area (Å²) in [6.07, 6.45) is 1.26. The van der Waals surface area contributed by atoms with Gasteiger partial charge in [-0.2, -0.15) is 0 Å². The first kappa shape index (κ1) is 30.9. The highest BCUT2D eigenvalue weighted by Crippen LogP contribution is 2.29. The predicted octanol–water partition coefficient (Wildman–Crippen LogP) is 5.69. The molecule has 0 aliphatic heterocycles. The monoisotopic (exact) mass is 653 g/mol. The maximum absolute atomic E-state index is 14.0. The number of benzene rings is 3. The van der Waals surface area contributed by atoms with Gasteiger partial charge < -0.3 is 10.2 Å². The van der Waals surface area contributed by atoms with Gasteiger partial charge >= 0.3 is 0 Å². The highest BCUT2D eigenvalue weighted by Gasteiger charge is 2.33. The first-order valence-electron chi connectivity index (χ1n) is 12.2. The molecule has 3 rings (SSSR count). The summed E-state index contributed by atoms with van der Waals surface area (Å²) in [5.74, 6) is -0.906. The molecule has 11 heteroatoms. The van der Waals surface area contributed by atoms with E-state index in [4.69, 9.17) is 23.2 Å². The molecule has 0 fully saturated rings. The van der Waals surface area contributed by atoms with Gasteiger partial charge in [0.1, 0.15) is 12.6 Å². The summed E-state index contributed by atoms with van der Waals surface area (Å²) in [6.45, 7) is 3.16. The van der Waals surface area contributed by atoms with Crippen LogP contribution in [0, 0.1) is 0 Å². The number of carbonyl (C=O) groups excluding carboxylic acids is 2. The number of nitrogens with one attached hydrogen (secondary N) is 1. The molecule has 0 unspecified atom stereocenters. The van der Waals surface area contributed by atoms with E-state index >= 15 is 0 Å². The summed E-state index contributed by atoms with van der Waals surface area (Å²) in [7, 11) is -3.86. The van der Waals surface area contributed by atoms with Gasteiger partial charge in [-0.25, -0.2) is 8.42 Å². The molecule has 0 heterocycles. The van der Waals surface area contributed by atoms with Gasteiger partial charge in [-0.05, 0) is 65.2 Å². The molecule has 0 spiro atoms. The van der Waals surface area contributed by atoms with E-state index in [1.165, 1.54) is 4.90 Å². The lowest BCUT2D eigenvalue weighted by molar-refractivity contribution is -0.140. The fourth-order valence-corrected chi connectivity index (χ4v) is 5.82. The molecule has 1 atom stereocenters. The lowest BCUT2D eigenvalue weighted by Gasteiger charge is -2.34. The maximum Gasteiger partial charge on any atom is 0.244 e. The summed E-state index contributed by atoms with van der Waals surface area (Å²) in [5.41, 5.74) is 1.80. The Morgan fingerprint density at radius 1 is 0.923 bits per heavy atom. The molecule has 0 saturated carbocycles. The molecule has 7 nitrogen and oxygen atoms in total. The number of nitrogens with zero attached hydrogens (tertiary/aromatic N) is 2. The number of hydrogen-bond acceptors (Lipinski definition) is 4. The van der Waals surface area contributed by atoms with Crippen molar-refractivity contribution < 1.29 is 18.0 Å². The van der Waals surface area contributed by atoms with Crippen LogP contribution in [-0.4, -0.2) is 50.0 Å². The number of carbonyl (C=O) groups is 2. The molecular formula is C28H30BrCl2N3O4S. The van der Waals surface area contributed by atoms with Crippen LogP contribution in [0.3, 0.4) is 0 Å². The number of anilines is 1. The van der Waals surface area contributed by atoms with Crippen LogP contribution in [0.4, 0.5) is 5.69 Å². The Morgan fingerprint density at radius 2 is 1.56 bits per heavy atom. The summed E-state index contributed by atoms with van der Waals surface area (Å²) in [6, 6.07) is 19.9. The fourth-order valence-electron chi connectivity index (χ4n) is 4.02. The predicted molar refractivity (Wildman–Crippen MR) is 161 cm³/mol. The smallest absolute Gasteiger partial charge is 0.244 e. The standard InChI is InChI=1S/C28H30BrCl2N3O4S/c1-19(2)32-28(36)26(16-20-9-5-4-6-10-20)33(17-21-13-14-23(30)24(31)15-21)27(35)18-34(39(3,37)38)25-12-8-7-11-22(25)29/h4-15,19,26H,16-18H2,1-3H3,(H,32,36)/t26-/m0/s1. The van der Waals surface area contributed by atoms with Crippen molar-refractivity contribution in [2.24, 2.45) is 0 Å². The number of hydrogen-bond donors (Lipinski definition) is 1. The zero-order valence-electron chi connectivity index (χ0n) is 21.8. The molecule has 208 valence electrons. The molecule has 1 N–H and O–H groups in total. The molecule has 2 amide bonds. The number of sulfonamides is 1. The molecule has 0 bridgehead atoms. The van der Waals surface area contributed by atoms with Crippen molar-refractivity contribution >= 4 is 66.7 Å². The molecule has 39 heavy (non-hydrogen) atoms. The van der Waals surface area contributed by atoms with E-state index < -0.39 is 28.5 Å². The van der Waals surface area contributed by atoms with Crippen LogP contribution in [0.15, 0.2) is 77.3 Å². The van der Waals surface area contributed by atoms with Crippen LogP contribution in [0.2, 0.25) is 10.0 Å². The maximum atomic E-state index is 14.0. The molecule has 0 aliphatic rings. The van der Waals surface area contributed by atoms with Crippen molar-refractivity contribution in [3.8, 4) is 0 Å². The Labute approximate surface area is 248 Å². The van der Waals surface area contributed by atoms with Crippen LogP contribution >= 0.6 is 39.1 Å². The Morgan fingerprint density at radius 3 is 2.15 bits per heavy atom. The van der Waals surface area contributed by atoms with Gasteiger partial charge in [-0.3, -0.25) is 13.9 Å². The summed E-state index contributed by atoms with van der Waals surface area (Å²) < 4.78 is 27.2. The Balaban J connectivity index is 2.08. The first-order chi connectivity index (χ1) is 18.4. The van der Waals surface area contributed by atoms with Crippen molar-refractivity contribution in [1.29, 1.82) is 0 Å². The zero-order chi connectivity index (χ0) is 28.7. The average Bonchev–Trinajstić information content (AvgIpc) is 2.86. The van der Waals surface area contributed by atoms with Crippen molar-refractivity contribution in [2.75, 3.05) is 17.1 Å². The Kier molecular flexibility index (Phi) is 10.8. The van der Waals surface area contributed by atoms with Crippen molar-refractivity contribution in [2.45, 2.75) is 38.9 Å². The van der Waals surface area contributed by atoms with Crippen molar-refractivity contribution in [1.82, 2.24) is 10.2 Å². The van der Waals surface area contributed by atoms with Crippen LogP contribution < -0.4 is 9.62 Å². The van der Waals surface area contributed by atoms with E-state index in [0.717, 1.165) is 16.1 Å². The van der Waals surface area contributed by atoms with Gasteiger partial charge in [0.2, 0.25) is 21.8 Å². The quantitative estimate of drug-likeness (QED) is 0.288. The lowest BCUT2D eigenvalue weighted by Crippen LogP contribution is -2.54. The topological polar surface area (TPSA) is 86.8 Å². The fraction of sp³-hybridized carbons (Fsp3) is 0.286. The van der Waals surface area contributed by atoms with Crippen LogP contribution in [-0.2, 0) is 32.6 Å². The van der Waals surface area contributed by atoms with Gasteiger partial charge in [-0.15, -0.1) is 0 Å². The summed E-state index contributed by atoms with van der Waals surface area (Å²) in [5, 5.41) is 3.57. The molecule has 0 saturated heterocycles. The second-order valence-electron chi connectivity index (χ2n) is 9.36. The minimum Gasteiger partial charge on any atom is -0.352 e. The average molecular weight is 655 g/mol. The summed E-state index contributed by atoms with van der Waals surface area (Å²) in [4.78, 5) is 29.0. The van der Waals surface area contributed by atoms with Gasteiger partial charge in [0.25, 0.3) is 0 Å². The molecule has 0 aliphatic carbocycles. The Hall–Kier alpha value is -2.59. The third-order valence-corrected chi connectivity index (χ3v) is 8.38. The number of para-hydroxylation sites is 1. The SMILES string of the molecule is CC(C)NC(=O)[C@H](Cc1ccccc1)N(Cc1ccc(Cl)c(Cl)c1)C(=O)CN(c1ccccc1Br)S(C)(=O)=O. The zero-order valence-corrected chi connectivity index (χ0v) is 25.7. The highest BCUT2D eigenvalue weighted by molar-refractivity contribution is 9.10. The molecule has 0 aromatic heterocycles. The van der Waals surface area contributed by atoms with E-state index in [1.54, 1.807) is 42.5 Å². The van der Waals surface area contributed by atoms with Crippen LogP contribution in [0.1, 0.15) is 25.0 Å². The van der Waals surface area contributed by atoms with Crippen LogP contribution in [0.25, 0.3) is 0 Å². The second-order valence-corrected chi connectivity index (χ2v) is 12.9. The normalized spacial score (nSPS) is 12.2. The van der Waals surface area contributed by atoms with Crippen molar-refractivity contribution in [3.63, 3.8) is 0 Å². The van der Waals surface area contributed by atoms with Gasteiger partial charge in [0, 0.05) is 23.5 Å². The third kappa shape index (κ3) is 8.70. The van der Waals surface area contributed by atoms with Crippen molar-refractivity contribution in [3.05, 3.63) is 98.4 Å². The molecule has 3 aromatic rings. The number of halogens is 3. The molecule has 0 radical (unpaired) electrons. The molecule has 3 aromatic carbocycles. The van der Waals surface area contributed by atoms with E-state index in [0.29, 0.717) is 25.8 Å². The minimum absolute atomic E-state index is 0.00625. The van der Waals surface area contributed by atoms with E-state index in [-0.39, 0.29) is 24.9 Å². The van der Waals surface area contributed by atoms with E-state index in [1.807, 2.05) is 44.2 Å².